The molecule has 0 spiro atoms. The van der Waals surface area contributed by atoms with Crippen molar-refractivity contribution >= 4 is 11.8 Å². The van der Waals surface area contributed by atoms with Crippen LogP contribution in [-0.2, 0) is 9.47 Å². The highest BCUT2D eigenvalue weighted by Crippen LogP contribution is 2.13. The normalized spacial score (nSPS) is 18.0. The van der Waals surface area contributed by atoms with Crippen molar-refractivity contribution in [1.29, 1.82) is 0 Å². The van der Waals surface area contributed by atoms with Gasteiger partial charge in [0, 0.05) is 6.42 Å². The first-order valence-electron chi connectivity index (χ1n) is 8.79. The van der Waals surface area contributed by atoms with Crippen molar-refractivity contribution in [2.45, 2.75) is 70.3 Å². The Labute approximate surface area is 144 Å². The Hall–Kier alpha value is -1.46. The predicted octanol–water partition coefficient (Wildman–Crippen LogP) is 4.79. The lowest BCUT2D eigenvalue weighted by Gasteiger charge is -2.19. The van der Waals surface area contributed by atoms with Crippen molar-refractivity contribution in [2.75, 3.05) is 20.8 Å². The number of nitrogens with zero attached hydrogens (tertiary/aromatic N) is 2. The lowest BCUT2D eigenvalue weighted by atomic mass is 10.1. The zero-order valence-corrected chi connectivity index (χ0v) is 14.8. The van der Waals surface area contributed by atoms with Gasteiger partial charge in [-0.3, -0.25) is 0 Å². The number of methoxy groups -OCH3 is 2. The third kappa shape index (κ3) is 8.99. The molecule has 0 N–H and O–H groups in total. The highest BCUT2D eigenvalue weighted by molar-refractivity contribution is 5.91. The molecule has 0 radical (unpaired) electrons. The second-order valence-electron chi connectivity index (χ2n) is 5.89. The second-order valence-corrected chi connectivity index (χ2v) is 5.89. The van der Waals surface area contributed by atoms with E-state index in [2.05, 4.69) is 22.1 Å². The summed E-state index contributed by atoms with van der Waals surface area (Å²) in [4.78, 5) is 8.83. The molecule has 24 heavy (non-hydrogen) atoms. The number of hydrogen-bond donors (Lipinski definition) is 0. The fourth-order valence-corrected chi connectivity index (χ4v) is 2.61. The summed E-state index contributed by atoms with van der Waals surface area (Å²) in [5.41, 5.74) is 0. The van der Waals surface area contributed by atoms with Crippen LogP contribution in [0.5, 0.6) is 0 Å². The van der Waals surface area contributed by atoms with Crippen LogP contribution in [0.25, 0.3) is 0 Å². The fourth-order valence-electron chi connectivity index (χ4n) is 2.61. The number of aliphatic imine (C=N–C) groups is 2. The first kappa shape index (κ1) is 20.6. The molecule has 0 amide bonds. The molecule has 0 saturated heterocycles. The van der Waals surface area contributed by atoms with E-state index in [0.29, 0.717) is 24.8 Å². The van der Waals surface area contributed by atoms with Crippen LogP contribution in [0.2, 0.25) is 0 Å². The lowest BCUT2D eigenvalue weighted by Crippen LogP contribution is -2.28. The largest absolute Gasteiger partial charge is 0.483 e. The van der Waals surface area contributed by atoms with E-state index in [4.69, 9.17) is 9.47 Å². The number of unbranched alkanes of at least 4 members (excludes halogenated alkanes) is 5. The molecule has 0 aromatic carbocycles. The molecule has 1 heterocycles. The first-order valence-corrected chi connectivity index (χ1v) is 8.79. The highest BCUT2D eigenvalue weighted by Gasteiger charge is 2.20. The lowest BCUT2D eigenvalue weighted by molar-refractivity contribution is 0.133. The minimum atomic E-state index is -2.15. The summed E-state index contributed by atoms with van der Waals surface area (Å²) in [5.74, 6) is 1.34. The Bertz CT molecular complexity index is 423. The standard InChI is InChI=1S/C18H30F2N2O2/c1-23-17-14-21-18(24-2)15(22-17)12-10-8-6-4-3-5-7-9-11-13-16(19)20/h4,6,15-16H,3,5,7-14H2,1-2H3/b6-4+. The van der Waals surface area contributed by atoms with Gasteiger partial charge in [0.25, 0.3) is 0 Å². The van der Waals surface area contributed by atoms with Gasteiger partial charge in [-0.05, 0) is 38.5 Å². The molecule has 6 heteroatoms. The summed E-state index contributed by atoms with van der Waals surface area (Å²) < 4.78 is 34.4. The van der Waals surface area contributed by atoms with Crippen LogP contribution < -0.4 is 0 Å². The predicted molar refractivity (Wildman–Crippen MR) is 94.2 cm³/mol. The van der Waals surface area contributed by atoms with Crippen LogP contribution in [0.4, 0.5) is 8.78 Å². The zero-order valence-electron chi connectivity index (χ0n) is 14.8. The summed E-state index contributed by atoms with van der Waals surface area (Å²) in [6, 6.07) is -0.0399. The average molecular weight is 344 g/mol. The molecule has 0 saturated carbocycles. The van der Waals surface area contributed by atoms with Crippen molar-refractivity contribution in [1.82, 2.24) is 0 Å². The molecule has 138 valence electrons. The van der Waals surface area contributed by atoms with E-state index in [1.165, 1.54) is 0 Å². The summed E-state index contributed by atoms with van der Waals surface area (Å²) in [6.45, 7) is 0.452. The van der Waals surface area contributed by atoms with E-state index >= 15 is 0 Å². The van der Waals surface area contributed by atoms with Crippen LogP contribution in [0, 0.1) is 0 Å². The number of halogens is 2. The third-order valence-electron chi connectivity index (χ3n) is 3.96. The number of hydrogen-bond acceptors (Lipinski definition) is 4. The summed E-state index contributed by atoms with van der Waals surface area (Å²) >= 11 is 0. The topological polar surface area (TPSA) is 43.2 Å². The quantitative estimate of drug-likeness (QED) is 0.399. The molecule has 0 fully saturated rings. The number of allylic oxidation sites excluding steroid dienone is 2. The van der Waals surface area contributed by atoms with Crippen LogP contribution in [-0.4, -0.2) is 45.0 Å². The SMILES string of the molecule is COC1=NC(CCC/C=C/CCCCCCC(F)F)C(OC)=NC1. The van der Waals surface area contributed by atoms with Crippen LogP contribution >= 0.6 is 0 Å². The smallest absolute Gasteiger partial charge is 0.238 e. The average Bonchev–Trinajstić information content (AvgIpc) is 2.59. The Morgan fingerprint density at radius 3 is 2.42 bits per heavy atom. The van der Waals surface area contributed by atoms with E-state index in [1.54, 1.807) is 14.2 Å². The zero-order chi connectivity index (χ0) is 17.6. The maximum absolute atomic E-state index is 12.0. The molecule has 1 aliphatic heterocycles. The monoisotopic (exact) mass is 344 g/mol. The van der Waals surface area contributed by atoms with Gasteiger partial charge in [0.2, 0.25) is 18.2 Å². The van der Waals surface area contributed by atoms with Crippen LogP contribution in [0.15, 0.2) is 22.1 Å². The maximum atomic E-state index is 12.0. The van der Waals surface area contributed by atoms with Crippen LogP contribution in [0.3, 0.4) is 0 Å². The Morgan fingerprint density at radius 1 is 1.04 bits per heavy atom. The Balaban J connectivity index is 2.07. The van der Waals surface area contributed by atoms with Gasteiger partial charge in [-0.1, -0.05) is 25.0 Å². The third-order valence-corrected chi connectivity index (χ3v) is 3.96. The highest BCUT2D eigenvalue weighted by atomic mass is 19.3. The van der Waals surface area contributed by atoms with Gasteiger partial charge in [-0.25, -0.2) is 18.8 Å². The molecule has 1 rings (SSSR count). The number of alkyl halides is 2. The van der Waals surface area contributed by atoms with Gasteiger partial charge in [0.05, 0.1) is 14.2 Å². The first-order chi connectivity index (χ1) is 11.7. The van der Waals surface area contributed by atoms with Crippen molar-refractivity contribution in [3.63, 3.8) is 0 Å². The van der Waals surface area contributed by atoms with Crippen molar-refractivity contribution in [2.24, 2.45) is 9.98 Å². The van der Waals surface area contributed by atoms with Gasteiger partial charge >= 0.3 is 0 Å². The Kier molecular flexibility index (Phi) is 11.1. The Morgan fingerprint density at radius 2 is 1.75 bits per heavy atom. The summed E-state index contributed by atoms with van der Waals surface area (Å²) in [7, 11) is 3.24. The minimum absolute atomic E-state index is 0.0387. The molecule has 0 aliphatic carbocycles. The molecule has 0 bridgehead atoms. The van der Waals surface area contributed by atoms with Gasteiger partial charge in [0.15, 0.2) is 0 Å². The van der Waals surface area contributed by atoms with E-state index in [9.17, 15) is 8.78 Å². The molecule has 0 aromatic rings. The molecule has 1 unspecified atom stereocenters. The maximum Gasteiger partial charge on any atom is 0.238 e. The van der Waals surface area contributed by atoms with E-state index in [-0.39, 0.29) is 12.5 Å². The number of ether oxygens (including phenoxy) is 2. The van der Waals surface area contributed by atoms with Gasteiger partial charge in [0.1, 0.15) is 12.6 Å². The molecule has 0 aromatic heterocycles. The van der Waals surface area contributed by atoms with Crippen molar-refractivity contribution < 1.29 is 18.3 Å². The van der Waals surface area contributed by atoms with E-state index in [0.717, 1.165) is 44.9 Å². The molecular formula is C18H30F2N2O2. The number of rotatable bonds is 11. The summed E-state index contributed by atoms with van der Waals surface area (Å²) in [6.07, 6.45) is 9.82. The van der Waals surface area contributed by atoms with Crippen LogP contribution in [0.1, 0.15) is 57.8 Å². The second kappa shape index (κ2) is 12.9. The minimum Gasteiger partial charge on any atom is -0.483 e. The van der Waals surface area contributed by atoms with Gasteiger partial charge in [-0.15, -0.1) is 0 Å². The molecule has 1 aliphatic rings. The van der Waals surface area contributed by atoms with E-state index < -0.39 is 6.43 Å². The molecule has 4 nitrogen and oxygen atoms in total. The van der Waals surface area contributed by atoms with Gasteiger partial charge < -0.3 is 9.47 Å². The summed E-state index contributed by atoms with van der Waals surface area (Å²) in [5, 5.41) is 0. The van der Waals surface area contributed by atoms with Crippen molar-refractivity contribution in [3.05, 3.63) is 12.2 Å². The van der Waals surface area contributed by atoms with Gasteiger partial charge in [-0.2, -0.15) is 0 Å². The molecular weight excluding hydrogens is 314 g/mol. The van der Waals surface area contributed by atoms with Crippen molar-refractivity contribution in [3.8, 4) is 0 Å². The van der Waals surface area contributed by atoms with E-state index in [1.807, 2.05) is 0 Å². The molecule has 1 atom stereocenters. The fraction of sp³-hybridized carbons (Fsp3) is 0.778.